The molecule has 0 spiro atoms. The monoisotopic (exact) mass is 321 g/mol. The summed E-state index contributed by atoms with van der Waals surface area (Å²) in [4.78, 5) is 12.5. The van der Waals surface area contributed by atoms with Gasteiger partial charge >= 0.3 is 0 Å². The van der Waals surface area contributed by atoms with Crippen molar-refractivity contribution >= 4 is 17.0 Å². The van der Waals surface area contributed by atoms with Crippen molar-refractivity contribution in [2.75, 3.05) is 12.3 Å². The average molecular weight is 321 g/mol. The molecule has 8 heteroatoms. The first-order chi connectivity index (χ1) is 11.1. The number of aliphatic hydroxyl groups excluding tert-OH is 2. The minimum absolute atomic E-state index is 0.222. The number of rotatable bonds is 6. The fourth-order valence-corrected chi connectivity index (χ4v) is 3.26. The lowest BCUT2D eigenvalue weighted by atomic mass is 9.99. The Kier molecular flexibility index (Phi) is 4.47. The van der Waals surface area contributed by atoms with E-state index in [4.69, 9.17) is 10.5 Å². The van der Waals surface area contributed by atoms with Crippen LogP contribution in [0.15, 0.2) is 12.7 Å². The highest BCUT2D eigenvalue weighted by Gasteiger charge is 2.47. The summed E-state index contributed by atoms with van der Waals surface area (Å²) in [5.74, 6) is 0.315. The maximum absolute atomic E-state index is 10.2. The van der Waals surface area contributed by atoms with Crippen LogP contribution in [0, 0.1) is 0 Å². The molecule has 0 unspecified atom stereocenters. The zero-order chi connectivity index (χ0) is 16.4. The number of aliphatic hydroxyl groups is 2. The molecule has 3 heterocycles. The van der Waals surface area contributed by atoms with Crippen molar-refractivity contribution < 1.29 is 14.9 Å². The molecule has 0 amide bonds. The molecule has 1 aliphatic rings. The van der Waals surface area contributed by atoms with Gasteiger partial charge in [-0.15, -0.1) is 0 Å². The van der Waals surface area contributed by atoms with Gasteiger partial charge in [0.05, 0.1) is 19.0 Å². The Balaban J connectivity index is 2.02. The van der Waals surface area contributed by atoms with Gasteiger partial charge in [-0.1, -0.05) is 19.8 Å². The van der Waals surface area contributed by atoms with Gasteiger partial charge in [-0.3, -0.25) is 4.57 Å². The van der Waals surface area contributed by atoms with E-state index in [9.17, 15) is 10.2 Å². The Hall–Kier alpha value is -1.77. The van der Waals surface area contributed by atoms with Gasteiger partial charge in [0.1, 0.15) is 17.9 Å². The summed E-state index contributed by atoms with van der Waals surface area (Å²) in [5, 5.41) is 19.7. The third kappa shape index (κ3) is 2.77. The van der Waals surface area contributed by atoms with E-state index in [2.05, 4.69) is 21.9 Å². The second-order valence-electron chi connectivity index (χ2n) is 6.06. The number of imidazole rings is 1. The molecule has 2 aromatic rings. The zero-order valence-corrected chi connectivity index (χ0v) is 13.2. The highest BCUT2D eigenvalue weighted by molar-refractivity contribution is 5.81. The number of fused-ring (bicyclic) bond motifs is 1. The van der Waals surface area contributed by atoms with Gasteiger partial charge in [0.25, 0.3) is 0 Å². The van der Waals surface area contributed by atoms with Crippen molar-refractivity contribution in [3.05, 3.63) is 12.7 Å². The number of nitrogens with two attached hydrogens (primary N) is 1. The molecule has 4 N–H and O–H groups in total. The first kappa shape index (κ1) is 16.1. The highest BCUT2D eigenvalue weighted by Crippen LogP contribution is 2.41. The maximum atomic E-state index is 10.2. The number of hydrogen-bond acceptors (Lipinski definition) is 7. The Labute approximate surface area is 134 Å². The standard InChI is InChI=1S/C15H23N5O3/c1-2-3-4-5-15(6-10(22)11(7-21)23-15)20-9-19-12-13(16)17-8-18-14(12)20/h8-11,21-22H,2-7H2,1H3,(H2,16,17,18)/t10-,11+,15+/m0/s1. The molecular weight excluding hydrogens is 298 g/mol. The van der Waals surface area contributed by atoms with Gasteiger partial charge in [-0.2, -0.15) is 0 Å². The van der Waals surface area contributed by atoms with E-state index in [1.807, 2.05) is 4.57 Å². The van der Waals surface area contributed by atoms with Crippen molar-refractivity contribution in [3.63, 3.8) is 0 Å². The molecule has 0 aromatic carbocycles. The van der Waals surface area contributed by atoms with Gasteiger partial charge in [0.2, 0.25) is 0 Å². The lowest BCUT2D eigenvalue weighted by Crippen LogP contribution is -2.34. The van der Waals surface area contributed by atoms with Crippen molar-refractivity contribution in [1.82, 2.24) is 19.5 Å². The minimum atomic E-state index is -0.766. The molecule has 0 aliphatic carbocycles. The Morgan fingerprint density at radius 1 is 1.39 bits per heavy atom. The average Bonchev–Trinajstić information content (AvgIpc) is 3.10. The van der Waals surface area contributed by atoms with E-state index in [1.165, 1.54) is 6.33 Å². The molecule has 1 aliphatic heterocycles. The third-order valence-corrected chi connectivity index (χ3v) is 4.48. The topological polar surface area (TPSA) is 119 Å². The predicted octanol–water partition coefficient (Wildman–Crippen LogP) is 0.784. The molecule has 1 fully saturated rings. The number of aromatic nitrogens is 4. The molecular formula is C15H23N5O3. The summed E-state index contributed by atoms with van der Waals surface area (Å²) in [7, 11) is 0. The number of anilines is 1. The normalized spacial score (nSPS) is 27.8. The van der Waals surface area contributed by atoms with Crippen LogP contribution in [0.4, 0.5) is 5.82 Å². The summed E-state index contributed by atoms with van der Waals surface area (Å²) >= 11 is 0. The fourth-order valence-electron chi connectivity index (χ4n) is 3.26. The van der Waals surface area contributed by atoms with Crippen molar-refractivity contribution in [3.8, 4) is 0 Å². The molecule has 23 heavy (non-hydrogen) atoms. The number of hydrogen-bond donors (Lipinski definition) is 3. The predicted molar refractivity (Wildman–Crippen MR) is 84.4 cm³/mol. The van der Waals surface area contributed by atoms with Gasteiger partial charge in [-0.25, -0.2) is 15.0 Å². The van der Waals surface area contributed by atoms with Gasteiger partial charge in [0.15, 0.2) is 17.2 Å². The molecule has 0 radical (unpaired) electrons. The quantitative estimate of drug-likeness (QED) is 0.673. The summed E-state index contributed by atoms with van der Waals surface area (Å²) < 4.78 is 7.90. The number of nitrogen functional groups attached to an aromatic ring is 1. The van der Waals surface area contributed by atoms with Crippen molar-refractivity contribution in [2.24, 2.45) is 0 Å². The molecule has 8 nitrogen and oxygen atoms in total. The summed E-state index contributed by atoms with van der Waals surface area (Å²) in [6.45, 7) is 1.91. The fraction of sp³-hybridized carbons (Fsp3) is 0.667. The van der Waals surface area contributed by atoms with Crippen LogP contribution < -0.4 is 5.73 Å². The van der Waals surface area contributed by atoms with E-state index in [1.54, 1.807) is 6.33 Å². The van der Waals surface area contributed by atoms with Gasteiger partial charge < -0.3 is 20.7 Å². The third-order valence-electron chi connectivity index (χ3n) is 4.48. The summed E-state index contributed by atoms with van der Waals surface area (Å²) in [6.07, 6.45) is 5.89. The molecule has 3 atom stereocenters. The highest BCUT2D eigenvalue weighted by atomic mass is 16.6. The van der Waals surface area contributed by atoms with Crippen LogP contribution in [0.1, 0.15) is 39.0 Å². The zero-order valence-electron chi connectivity index (χ0n) is 13.2. The summed E-state index contributed by atoms with van der Waals surface area (Å²) in [6, 6.07) is 0. The number of ether oxygens (including phenoxy) is 1. The van der Waals surface area contributed by atoms with Crippen molar-refractivity contribution in [2.45, 2.75) is 57.0 Å². The molecule has 2 aromatic heterocycles. The van der Waals surface area contributed by atoms with Gasteiger partial charge in [-0.05, 0) is 12.8 Å². The van der Waals surface area contributed by atoms with E-state index in [0.29, 0.717) is 29.8 Å². The number of unbranched alkanes of at least 4 members (excludes halogenated alkanes) is 2. The minimum Gasteiger partial charge on any atom is -0.394 e. The molecule has 0 bridgehead atoms. The van der Waals surface area contributed by atoms with E-state index in [-0.39, 0.29) is 6.61 Å². The van der Waals surface area contributed by atoms with Crippen LogP contribution in [0.25, 0.3) is 11.2 Å². The van der Waals surface area contributed by atoms with Crippen molar-refractivity contribution in [1.29, 1.82) is 0 Å². The molecule has 1 saturated heterocycles. The van der Waals surface area contributed by atoms with E-state index < -0.39 is 17.9 Å². The maximum Gasteiger partial charge on any atom is 0.167 e. The summed E-state index contributed by atoms with van der Waals surface area (Å²) in [5.41, 5.74) is 6.19. The first-order valence-electron chi connectivity index (χ1n) is 8.02. The smallest absolute Gasteiger partial charge is 0.167 e. The Morgan fingerprint density at radius 3 is 2.91 bits per heavy atom. The second-order valence-corrected chi connectivity index (χ2v) is 6.06. The Morgan fingerprint density at radius 2 is 2.22 bits per heavy atom. The SMILES string of the molecule is CCCCC[C@]1(n2cnc3c(N)ncnc32)C[C@H](O)[C@@H](CO)O1. The molecule has 0 saturated carbocycles. The lowest BCUT2D eigenvalue weighted by Gasteiger charge is -2.31. The second kappa shape index (κ2) is 6.38. The van der Waals surface area contributed by atoms with E-state index in [0.717, 1.165) is 19.3 Å². The van der Waals surface area contributed by atoms with Crippen LogP contribution in [0.5, 0.6) is 0 Å². The van der Waals surface area contributed by atoms with Crippen LogP contribution in [0.3, 0.4) is 0 Å². The number of nitrogens with zero attached hydrogens (tertiary/aromatic N) is 4. The van der Waals surface area contributed by atoms with Crippen LogP contribution >= 0.6 is 0 Å². The van der Waals surface area contributed by atoms with E-state index >= 15 is 0 Å². The first-order valence-corrected chi connectivity index (χ1v) is 8.02. The molecule has 3 rings (SSSR count). The molecule has 126 valence electrons. The van der Waals surface area contributed by atoms with Crippen LogP contribution in [-0.2, 0) is 10.5 Å². The Bertz CT molecular complexity index is 676. The van der Waals surface area contributed by atoms with Crippen LogP contribution in [-0.4, -0.2) is 48.5 Å². The van der Waals surface area contributed by atoms with Gasteiger partial charge in [0, 0.05) is 6.42 Å². The lowest BCUT2D eigenvalue weighted by molar-refractivity contribution is -0.120. The van der Waals surface area contributed by atoms with Crippen LogP contribution in [0.2, 0.25) is 0 Å². The largest absolute Gasteiger partial charge is 0.394 e.